The summed E-state index contributed by atoms with van der Waals surface area (Å²) in [6, 6.07) is 5.03. The molecule has 0 radical (unpaired) electrons. The van der Waals surface area contributed by atoms with Gasteiger partial charge in [0.1, 0.15) is 5.75 Å². The van der Waals surface area contributed by atoms with Crippen LogP contribution in [0.5, 0.6) is 5.75 Å². The Kier molecular flexibility index (Phi) is 1.52. The third kappa shape index (κ3) is 0.950. The molecule has 3 nitrogen and oxygen atoms in total. The van der Waals surface area contributed by atoms with Gasteiger partial charge in [0.25, 0.3) is 0 Å². The van der Waals surface area contributed by atoms with Crippen LogP contribution in [0.4, 0.5) is 0 Å². The summed E-state index contributed by atoms with van der Waals surface area (Å²) in [5.41, 5.74) is 1.73. The minimum atomic E-state index is -0.0105. The number of aliphatic hydroxyl groups excluding tert-OH is 1. The number of aromatic amines is 1. The summed E-state index contributed by atoms with van der Waals surface area (Å²) < 4.78 is 0. The van der Waals surface area contributed by atoms with Crippen molar-refractivity contribution in [2.24, 2.45) is 0 Å². The molecule has 0 aliphatic carbocycles. The summed E-state index contributed by atoms with van der Waals surface area (Å²) in [6.07, 6.45) is 1.74. The summed E-state index contributed by atoms with van der Waals surface area (Å²) in [7, 11) is 0. The molecule has 2 aromatic rings. The molecule has 0 bridgehead atoms. The predicted molar refractivity (Wildman–Crippen MR) is 45.9 cm³/mol. The van der Waals surface area contributed by atoms with E-state index in [0.717, 1.165) is 16.5 Å². The van der Waals surface area contributed by atoms with E-state index in [0.29, 0.717) is 0 Å². The van der Waals surface area contributed by atoms with Crippen LogP contribution in [0.3, 0.4) is 0 Å². The summed E-state index contributed by atoms with van der Waals surface area (Å²) >= 11 is 0. The number of H-pyrrole nitrogens is 1. The van der Waals surface area contributed by atoms with Crippen LogP contribution in [0.1, 0.15) is 5.56 Å². The van der Waals surface area contributed by atoms with Gasteiger partial charge in [-0.15, -0.1) is 0 Å². The van der Waals surface area contributed by atoms with Crippen LogP contribution in [-0.4, -0.2) is 15.2 Å². The van der Waals surface area contributed by atoms with Crippen LogP contribution in [0, 0.1) is 0 Å². The number of phenolic OH excluding ortho intramolecular Hbond substituents is 1. The van der Waals surface area contributed by atoms with Crippen molar-refractivity contribution in [2.75, 3.05) is 0 Å². The van der Waals surface area contributed by atoms with Crippen molar-refractivity contribution >= 4 is 10.9 Å². The van der Waals surface area contributed by atoms with Gasteiger partial charge in [0.2, 0.25) is 0 Å². The normalized spacial score (nSPS) is 10.8. The molecule has 1 heterocycles. The second-order valence-electron chi connectivity index (χ2n) is 2.70. The molecular weight excluding hydrogens is 154 g/mol. The zero-order chi connectivity index (χ0) is 8.55. The third-order valence-electron chi connectivity index (χ3n) is 1.92. The van der Waals surface area contributed by atoms with Crippen molar-refractivity contribution in [3.63, 3.8) is 0 Å². The first-order chi connectivity index (χ1) is 5.81. The number of benzene rings is 1. The molecule has 0 spiro atoms. The van der Waals surface area contributed by atoms with Gasteiger partial charge < -0.3 is 15.2 Å². The van der Waals surface area contributed by atoms with Crippen molar-refractivity contribution in [3.8, 4) is 5.75 Å². The summed E-state index contributed by atoms with van der Waals surface area (Å²) in [5.74, 6) is 0.219. The molecule has 2 rings (SSSR count). The quantitative estimate of drug-likeness (QED) is 0.594. The molecule has 0 aliphatic rings. The standard InChI is InChI=1S/C9H9NO2/c11-5-6-4-10-9-2-1-7(12)3-8(6)9/h1-4,10-12H,5H2. The van der Waals surface area contributed by atoms with E-state index in [4.69, 9.17) is 5.11 Å². The number of fused-ring (bicyclic) bond motifs is 1. The molecule has 0 saturated carbocycles. The van der Waals surface area contributed by atoms with E-state index in [9.17, 15) is 5.11 Å². The molecule has 0 atom stereocenters. The first-order valence-electron chi connectivity index (χ1n) is 3.71. The van der Waals surface area contributed by atoms with Crippen molar-refractivity contribution in [2.45, 2.75) is 6.61 Å². The van der Waals surface area contributed by atoms with Gasteiger partial charge in [-0.1, -0.05) is 0 Å². The zero-order valence-electron chi connectivity index (χ0n) is 6.41. The fourth-order valence-electron chi connectivity index (χ4n) is 1.30. The molecule has 0 fully saturated rings. The molecule has 0 unspecified atom stereocenters. The lowest BCUT2D eigenvalue weighted by Crippen LogP contribution is -1.77. The number of phenols is 1. The number of hydrogen-bond donors (Lipinski definition) is 3. The molecule has 1 aromatic carbocycles. The van der Waals surface area contributed by atoms with Gasteiger partial charge in [-0.25, -0.2) is 0 Å². The Morgan fingerprint density at radius 1 is 1.33 bits per heavy atom. The highest BCUT2D eigenvalue weighted by Gasteiger charge is 2.01. The van der Waals surface area contributed by atoms with E-state index in [1.807, 2.05) is 0 Å². The molecule has 0 aliphatic heterocycles. The highest BCUT2D eigenvalue weighted by molar-refractivity contribution is 5.84. The van der Waals surface area contributed by atoms with Gasteiger partial charge in [0.15, 0.2) is 0 Å². The van der Waals surface area contributed by atoms with Gasteiger partial charge in [0, 0.05) is 22.7 Å². The maximum Gasteiger partial charge on any atom is 0.116 e. The van der Waals surface area contributed by atoms with Crippen LogP contribution in [0.15, 0.2) is 24.4 Å². The van der Waals surface area contributed by atoms with E-state index in [2.05, 4.69) is 4.98 Å². The fraction of sp³-hybridized carbons (Fsp3) is 0.111. The van der Waals surface area contributed by atoms with Gasteiger partial charge in [-0.05, 0) is 18.2 Å². The Morgan fingerprint density at radius 2 is 2.17 bits per heavy atom. The first-order valence-corrected chi connectivity index (χ1v) is 3.71. The second-order valence-corrected chi connectivity index (χ2v) is 2.70. The number of hydrogen-bond acceptors (Lipinski definition) is 2. The number of aromatic nitrogens is 1. The van der Waals surface area contributed by atoms with Gasteiger partial charge in [-0.3, -0.25) is 0 Å². The Balaban J connectivity index is 2.75. The van der Waals surface area contributed by atoms with Crippen molar-refractivity contribution in [3.05, 3.63) is 30.0 Å². The molecule has 3 N–H and O–H groups in total. The topological polar surface area (TPSA) is 56.2 Å². The maximum atomic E-state index is 9.17. The fourth-order valence-corrected chi connectivity index (χ4v) is 1.30. The zero-order valence-corrected chi connectivity index (χ0v) is 6.41. The van der Waals surface area contributed by atoms with Crippen LogP contribution >= 0.6 is 0 Å². The largest absolute Gasteiger partial charge is 0.508 e. The smallest absolute Gasteiger partial charge is 0.116 e. The minimum Gasteiger partial charge on any atom is -0.508 e. The lowest BCUT2D eigenvalue weighted by atomic mass is 10.2. The van der Waals surface area contributed by atoms with Crippen LogP contribution in [0.2, 0.25) is 0 Å². The monoisotopic (exact) mass is 163 g/mol. The van der Waals surface area contributed by atoms with E-state index in [1.165, 1.54) is 0 Å². The van der Waals surface area contributed by atoms with E-state index >= 15 is 0 Å². The summed E-state index contributed by atoms with van der Waals surface area (Å²) in [6.45, 7) is -0.0105. The van der Waals surface area contributed by atoms with Gasteiger partial charge in [-0.2, -0.15) is 0 Å². The van der Waals surface area contributed by atoms with Crippen molar-refractivity contribution < 1.29 is 10.2 Å². The molecule has 1 aromatic heterocycles. The lowest BCUT2D eigenvalue weighted by molar-refractivity contribution is 0.283. The van der Waals surface area contributed by atoms with Gasteiger partial charge >= 0.3 is 0 Å². The number of rotatable bonds is 1. The third-order valence-corrected chi connectivity index (χ3v) is 1.92. The predicted octanol–water partition coefficient (Wildman–Crippen LogP) is 1.37. The molecule has 0 saturated heterocycles. The molecule has 62 valence electrons. The highest BCUT2D eigenvalue weighted by Crippen LogP contribution is 2.22. The number of aliphatic hydroxyl groups is 1. The van der Waals surface area contributed by atoms with Crippen LogP contribution < -0.4 is 0 Å². The Hall–Kier alpha value is -1.48. The van der Waals surface area contributed by atoms with Crippen molar-refractivity contribution in [1.29, 1.82) is 0 Å². The molecular formula is C9H9NO2. The van der Waals surface area contributed by atoms with E-state index < -0.39 is 0 Å². The lowest BCUT2D eigenvalue weighted by Gasteiger charge is -1.94. The van der Waals surface area contributed by atoms with Crippen molar-refractivity contribution in [1.82, 2.24) is 4.98 Å². The SMILES string of the molecule is OCc1c[nH]c2ccc(O)cc12. The second kappa shape index (κ2) is 2.53. The van der Waals surface area contributed by atoms with Crippen LogP contribution in [-0.2, 0) is 6.61 Å². The van der Waals surface area contributed by atoms with Crippen LogP contribution in [0.25, 0.3) is 10.9 Å². The summed E-state index contributed by atoms with van der Waals surface area (Å²) in [5, 5.41) is 19.0. The van der Waals surface area contributed by atoms with E-state index in [-0.39, 0.29) is 12.4 Å². The van der Waals surface area contributed by atoms with E-state index in [1.54, 1.807) is 24.4 Å². The first kappa shape index (κ1) is 7.18. The number of aromatic hydroxyl groups is 1. The molecule has 0 amide bonds. The maximum absolute atomic E-state index is 9.17. The Bertz CT molecular complexity index is 406. The average Bonchev–Trinajstić information content (AvgIpc) is 2.46. The minimum absolute atomic E-state index is 0.0105. The average molecular weight is 163 g/mol. The Labute approximate surface area is 69.3 Å². The molecule has 12 heavy (non-hydrogen) atoms. The number of nitrogens with one attached hydrogen (secondary N) is 1. The summed E-state index contributed by atoms with van der Waals surface area (Å²) in [4.78, 5) is 3.00. The molecule has 3 heteroatoms. The van der Waals surface area contributed by atoms with Gasteiger partial charge in [0.05, 0.1) is 6.61 Å². The Morgan fingerprint density at radius 3 is 2.92 bits per heavy atom. The highest BCUT2D eigenvalue weighted by atomic mass is 16.3.